The normalized spacial score (nSPS) is 11.6. The Balaban J connectivity index is 1.72. The highest BCUT2D eigenvalue weighted by atomic mass is 16.5. The third-order valence-electron chi connectivity index (χ3n) is 4.19. The zero-order valence-electron chi connectivity index (χ0n) is 15.2. The van der Waals surface area contributed by atoms with E-state index >= 15 is 0 Å². The van der Waals surface area contributed by atoms with Gasteiger partial charge in [-0.05, 0) is 29.3 Å². The molecular weight excluding hydrogens is 340 g/mol. The number of carbonyl (C=O) groups is 1. The molecule has 138 valence electrons. The molecule has 0 aliphatic carbocycles. The van der Waals surface area contributed by atoms with E-state index in [2.05, 4.69) is 0 Å². The van der Waals surface area contributed by atoms with Crippen molar-refractivity contribution in [1.29, 1.82) is 0 Å². The van der Waals surface area contributed by atoms with E-state index in [9.17, 15) is 4.79 Å². The number of benzene rings is 3. The molecular formula is C23H22O4. The second-order valence-corrected chi connectivity index (χ2v) is 6.04. The SMILES string of the molecule is CO[C@@H](COc1ccc(C=O)cc1OCc1ccccc1)c1ccccc1. The van der Waals surface area contributed by atoms with Crippen LogP contribution in [0.3, 0.4) is 0 Å². The molecule has 3 rings (SSSR count). The lowest BCUT2D eigenvalue weighted by atomic mass is 10.1. The number of rotatable bonds is 9. The quantitative estimate of drug-likeness (QED) is 0.511. The Morgan fingerprint density at radius 1 is 0.852 bits per heavy atom. The van der Waals surface area contributed by atoms with E-state index in [1.807, 2.05) is 60.7 Å². The maximum Gasteiger partial charge on any atom is 0.162 e. The van der Waals surface area contributed by atoms with E-state index in [-0.39, 0.29) is 6.10 Å². The van der Waals surface area contributed by atoms with E-state index in [0.717, 1.165) is 17.4 Å². The number of hydrogen-bond donors (Lipinski definition) is 0. The molecule has 0 fully saturated rings. The molecule has 0 aromatic heterocycles. The monoisotopic (exact) mass is 362 g/mol. The van der Waals surface area contributed by atoms with Crippen LogP contribution in [0.5, 0.6) is 11.5 Å². The van der Waals surface area contributed by atoms with Gasteiger partial charge in [0.05, 0.1) is 0 Å². The molecule has 0 N–H and O–H groups in total. The summed E-state index contributed by atoms with van der Waals surface area (Å²) in [5, 5.41) is 0. The van der Waals surface area contributed by atoms with Crippen molar-refractivity contribution in [2.24, 2.45) is 0 Å². The van der Waals surface area contributed by atoms with Gasteiger partial charge in [0.15, 0.2) is 11.5 Å². The maximum atomic E-state index is 11.1. The molecule has 0 saturated heterocycles. The van der Waals surface area contributed by atoms with Crippen molar-refractivity contribution in [2.45, 2.75) is 12.7 Å². The maximum absolute atomic E-state index is 11.1. The highest BCUT2D eigenvalue weighted by Crippen LogP contribution is 2.30. The Kier molecular flexibility index (Phi) is 6.61. The first-order valence-corrected chi connectivity index (χ1v) is 8.76. The molecule has 3 aromatic rings. The standard InChI is InChI=1S/C23H22O4/c1-25-23(20-10-6-3-7-11-20)17-27-21-13-12-19(15-24)14-22(21)26-16-18-8-4-2-5-9-18/h2-15,23H,16-17H2,1H3/t23-/m0/s1. The lowest BCUT2D eigenvalue weighted by Gasteiger charge is -2.18. The van der Waals surface area contributed by atoms with Crippen LogP contribution in [0.2, 0.25) is 0 Å². The minimum atomic E-state index is -0.195. The number of methoxy groups -OCH3 is 1. The summed E-state index contributed by atoms with van der Waals surface area (Å²) in [6.45, 7) is 0.731. The Labute approximate surface area is 159 Å². The van der Waals surface area contributed by atoms with Crippen LogP contribution in [0.25, 0.3) is 0 Å². The van der Waals surface area contributed by atoms with Gasteiger partial charge in [0.25, 0.3) is 0 Å². The summed E-state index contributed by atoms with van der Waals surface area (Å²) in [5.74, 6) is 1.11. The van der Waals surface area contributed by atoms with E-state index < -0.39 is 0 Å². The van der Waals surface area contributed by atoms with Crippen molar-refractivity contribution in [3.8, 4) is 11.5 Å². The van der Waals surface area contributed by atoms with Crippen LogP contribution in [0.4, 0.5) is 0 Å². The topological polar surface area (TPSA) is 44.8 Å². The fraction of sp³-hybridized carbons (Fsp3) is 0.174. The van der Waals surface area contributed by atoms with Gasteiger partial charge in [0.2, 0.25) is 0 Å². The van der Waals surface area contributed by atoms with Gasteiger partial charge in [-0.1, -0.05) is 60.7 Å². The van der Waals surface area contributed by atoms with Crippen LogP contribution in [-0.2, 0) is 11.3 Å². The molecule has 0 saturated carbocycles. The van der Waals surface area contributed by atoms with E-state index in [0.29, 0.717) is 30.3 Å². The van der Waals surface area contributed by atoms with Crippen molar-refractivity contribution in [1.82, 2.24) is 0 Å². The molecule has 0 radical (unpaired) electrons. The molecule has 3 aromatic carbocycles. The van der Waals surface area contributed by atoms with Gasteiger partial charge in [-0.3, -0.25) is 4.79 Å². The van der Waals surface area contributed by atoms with Gasteiger partial charge < -0.3 is 14.2 Å². The Bertz CT molecular complexity index is 847. The molecule has 0 unspecified atom stereocenters. The Morgan fingerprint density at radius 2 is 1.56 bits per heavy atom. The van der Waals surface area contributed by atoms with Gasteiger partial charge in [-0.2, -0.15) is 0 Å². The third kappa shape index (κ3) is 5.19. The van der Waals surface area contributed by atoms with Crippen molar-refractivity contribution in [2.75, 3.05) is 13.7 Å². The summed E-state index contributed by atoms with van der Waals surface area (Å²) in [6.07, 6.45) is 0.597. The highest BCUT2D eigenvalue weighted by molar-refractivity contribution is 5.76. The highest BCUT2D eigenvalue weighted by Gasteiger charge is 2.14. The second-order valence-electron chi connectivity index (χ2n) is 6.04. The second kappa shape index (κ2) is 9.55. The molecule has 0 bridgehead atoms. The third-order valence-corrected chi connectivity index (χ3v) is 4.19. The van der Waals surface area contributed by atoms with Crippen molar-refractivity contribution in [3.63, 3.8) is 0 Å². The zero-order chi connectivity index (χ0) is 18.9. The van der Waals surface area contributed by atoms with Crippen molar-refractivity contribution in [3.05, 3.63) is 95.6 Å². The molecule has 0 aliphatic heterocycles. The molecule has 4 heteroatoms. The molecule has 0 amide bonds. The van der Waals surface area contributed by atoms with E-state index in [1.165, 1.54) is 0 Å². The Hall–Kier alpha value is -3.11. The lowest BCUT2D eigenvalue weighted by Crippen LogP contribution is -2.13. The van der Waals surface area contributed by atoms with Crippen molar-refractivity contribution >= 4 is 6.29 Å². The summed E-state index contributed by atoms with van der Waals surface area (Å²) in [6, 6.07) is 24.9. The summed E-state index contributed by atoms with van der Waals surface area (Å²) < 4.78 is 17.4. The fourth-order valence-electron chi connectivity index (χ4n) is 2.70. The molecule has 1 atom stereocenters. The molecule has 4 nitrogen and oxygen atoms in total. The predicted molar refractivity (Wildman–Crippen MR) is 104 cm³/mol. The number of aldehydes is 1. The first-order valence-electron chi connectivity index (χ1n) is 8.76. The number of hydrogen-bond acceptors (Lipinski definition) is 4. The number of carbonyl (C=O) groups excluding carboxylic acids is 1. The molecule has 0 heterocycles. The summed E-state index contributed by atoms with van der Waals surface area (Å²) in [5.41, 5.74) is 2.62. The summed E-state index contributed by atoms with van der Waals surface area (Å²) in [4.78, 5) is 11.1. The van der Waals surface area contributed by atoms with Crippen molar-refractivity contribution < 1.29 is 19.0 Å². The lowest BCUT2D eigenvalue weighted by molar-refractivity contribution is 0.0562. The molecule has 27 heavy (non-hydrogen) atoms. The molecule has 0 aliphatic rings. The van der Waals surface area contributed by atoms with Gasteiger partial charge in [-0.25, -0.2) is 0 Å². The minimum Gasteiger partial charge on any atom is -0.487 e. The average molecular weight is 362 g/mol. The zero-order valence-corrected chi connectivity index (χ0v) is 15.2. The fourth-order valence-corrected chi connectivity index (χ4v) is 2.70. The van der Waals surface area contributed by atoms with Crippen LogP contribution in [0, 0.1) is 0 Å². The smallest absolute Gasteiger partial charge is 0.162 e. The van der Waals surface area contributed by atoms with Crippen LogP contribution in [-0.4, -0.2) is 20.0 Å². The summed E-state index contributed by atoms with van der Waals surface area (Å²) >= 11 is 0. The summed E-state index contributed by atoms with van der Waals surface area (Å²) in [7, 11) is 1.66. The minimum absolute atomic E-state index is 0.195. The first-order chi connectivity index (χ1) is 13.3. The average Bonchev–Trinajstić information content (AvgIpc) is 2.74. The van der Waals surface area contributed by atoms with Gasteiger partial charge in [-0.15, -0.1) is 0 Å². The molecule has 0 spiro atoms. The van der Waals surface area contributed by atoms with E-state index in [1.54, 1.807) is 25.3 Å². The predicted octanol–water partition coefficient (Wildman–Crippen LogP) is 4.84. The van der Waals surface area contributed by atoms with Gasteiger partial charge >= 0.3 is 0 Å². The van der Waals surface area contributed by atoms with Gasteiger partial charge in [0.1, 0.15) is 25.6 Å². The van der Waals surface area contributed by atoms with E-state index in [4.69, 9.17) is 14.2 Å². The van der Waals surface area contributed by atoms with Crippen LogP contribution >= 0.6 is 0 Å². The number of ether oxygens (including phenoxy) is 3. The largest absolute Gasteiger partial charge is 0.487 e. The van der Waals surface area contributed by atoms with Gasteiger partial charge in [0, 0.05) is 12.7 Å². The van der Waals surface area contributed by atoms with Crippen LogP contribution in [0.15, 0.2) is 78.9 Å². The van der Waals surface area contributed by atoms with Crippen LogP contribution in [0.1, 0.15) is 27.6 Å². The van der Waals surface area contributed by atoms with Crippen LogP contribution < -0.4 is 9.47 Å². The Morgan fingerprint density at radius 3 is 2.22 bits per heavy atom. The first kappa shape index (κ1) is 18.7.